The molecule has 0 amide bonds. The van der Waals surface area contributed by atoms with Gasteiger partial charge in [-0.15, -0.1) is 0 Å². The number of aromatic nitrogens is 2. The lowest BCUT2D eigenvalue weighted by Crippen LogP contribution is -2.39. The molecule has 1 aliphatic carbocycles. The largest absolute Gasteiger partial charge is 0.314 e. The molecule has 2 N–H and O–H groups in total. The summed E-state index contributed by atoms with van der Waals surface area (Å²) in [5.41, 5.74) is 0.646. The summed E-state index contributed by atoms with van der Waals surface area (Å²) >= 11 is 0. The third-order valence-electron chi connectivity index (χ3n) is 3.15. The maximum Gasteiger partial charge on any atom is 0.279 e. The van der Waals surface area contributed by atoms with Gasteiger partial charge in [0.1, 0.15) is 6.33 Å². The Kier molecular flexibility index (Phi) is 5.41. The van der Waals surface area contributed by atoms with E-state index in [1.165, 1.54) is 23.5 Å². The van der Waals surface area contributed by atoms with Gasteiger partial charge in [-0.3, -0.25) is 0 Å². The lowest BCUT2D eigenvalue weighted by molar-refractivity contribution is 0.443. The zero-order chi connectivity index (χ0) is 14.4. The smallest absolute Gasteiger partial charge is 0.279 e. The summed E-state index contributed by atoms with van der Waals surface area (Å²) in [5, 5.41) is 3.36. The highest BCUT2D eigenvalue weighted by Crippen LogP contribution is 2.18. The number of nitrogens with one attached hydrogen (secondary N) is 2. The highest BCUT2D eigenvalue weighted by Gasteiger charge is 2.20. The molecule has 0 atom stereocenters. The first-order valence-corrected chi connectivity index (χ1v) is 8.21. The summed E-state index contributed by atoms with van der Waals surface area (Å²) in [6.45, 7) is 1.53. The van der Waals surface area contributed by atoms with Crippen molar-refractivity contribution >= 4 is 10.2 Å². The molecule has 1 aromatic heterocycles. The lowest BCUT2D eigenvalue weighted by atomic mass is 10.4. The SMILES string of the molecule is CN(CCCNC1CC1)S(=O)(=O)NCc1ccncn1. The van der Waals surface area contributed by atoms with Gasteiger partial charge in [0.25, 0.3) is 10.2 Å². The molecule has 0 radical (unpaired) electrons. The van der Waals surface area contributed by atoms with Gasteiger partial charge in [0.15, 0.2) is 0 Å². The van der Waals surface area contributed by atoms with Crippen molar-refractivity contribution in [2.75, 3.05) is 20.1 Å². The van der Waals surface area contributed by atoms with Crippen molar-refractivity contribution in [1.29, 1.82) is 0 Å². The molecule has 1 saturated carbocycles. The van der Waals surface area contributed by atoms with Crippen LogP contribution in [0.4, 0.5) is 0 Å². The van der Waals surface area contributed by atoms with Gasteiger partial charge in [0.2, 0.25) is 0 Å². The van der Waals surface area contributed by atoms with Gasteiger partial charge >= 0.3 is 0 Å². The van der Waals surface area contributed by atoms with Crippen LogP contribution in [0.2, 0.25) is 0 Å². The van der Waals surface area contributed by atoms with E-state index in [9.17, 15) is 8.42 Å². The van der Waals surface area contributed by atoms with Crippen molar-refractivity contribution in [3.8, 4) is 0 Å². The Morgan fingerprint density at radius 1 is 1.45 bits per heavy atom. The van der Waals surface area contributed by atoms with Crippen molar-refractivity contribution in [3.63, 3.8) is 0 Å². The predicted molar refractivity (Wildman–Crippen MR) is 76.1 cm³/mol. The molecule has 2 rings (SSSR count). The standard InChI is InChI=1S/C12H21N5O2S/c1-17(8-2-6-14-11-3-4-11)20(18,19)16-9-12-5-7-13-10-15-12/h5,7,10-11,14,16H,2-4,6,8-9H2,1H3. The molecule has 7 nitrogen and oxygen atoms in total. The van der Waals surface area contributed by atoms with Crippen LogP contribution in [0.5, 0.6) is 0 Å². The van der Waals surface area contributed by atoms with Gasteiger partial charge in [0, 0.05) is 25.8 Å². The molecule has 8 heteroatoms. The third-order valence-corrected chi connectivity index (χ3v) is 4.66. The molecule has 1 aliphatic rings. The molecule has 20 heavy (non-hydrogen) atoms. The summed E-state index contributed by atoms with van der Waals surface area (Å²) in [4.78, 5) is 7.76. The van der Waals surface area contributed by atoms with E-state index in [2.05, 4.69) is 20.0 Å². The topological polar surface area (TPSA) is 87.2 Å². The molecular weight excluding hydrogens is 278 g/mol. The fourth-order valence-corrected chi connectivity index (χ4v) is 2.63. The molecule has 112 valence electrons. The Morgan fingerprint density at radius 2 is 2.25 bits per heavy atom. The molecule has 0 bridgehead atoms. The van der Waals surface area contributed by atoms with Crippen LogP contribution in [0.25, 0.3) is 0 Å². The number of hydrogen-bond acceptors (Lipinski definition) is 5. The van der Waals surface area contributed by atoms with Crippen LogP contribution in [0.3, 0.4) is 0 Å². The predicted octanol–water partition coefficient (Wildman–Crippen LogP) is -0.115. The molecule has 0 aromatic carbocycles. The van der Waals surface area contributed by atoms with E-state index in [0.717, 1.165) is 13.0 Å². The van der Waals surface area contributed by atoms with Gasteiger partial charge in [0.05, 0.1) is 12.2 Å². The minimum Gasteiger partial charge on any atom is -0.314 e. The molecule has 1 heterocycles. The molecule has 0 aliphatic heterocycles. The summed E-state index contributed by atoms with van der Waals surface area (Å²) < 4.78 is 27.9. The number of rotatable bonds is 9. The fourth-order valence-electron chi connectivity index (χ4n) is 1.71. The third kappa shape index (κ3) is 5.12. The van der Waals surface area contributed by atoms with E-state index >= 15 is 0 Å². The van der Waals surface area contributed by atoms with Gasteiger partial charge in [-0.05, 0) is 31.9 Å². The van der Waals surface area contributed by atoms with Crippen LogP contribution in [-0.2, 0) is 16.8 Å². The average Bonchev–Trinajstić information content (AvgIpc) is 3.26. The summed E-state index contributed by atoms with van der Waals surface area (Å²) in [6, 6.07) is 2.34. The van der Waals surface area contributed by atoms with Gasteiger partial charge < -0.3 is 5.32 Å². The van der Waals surface area contributed by atoms with E-state index < -0.39 is 10.2 Å². The van der Waals surface area contributed by atoms with Crippen LogP contribution in [0.1, 0.15) is 25.0 Å². The molecule has 1 aromatic rings. The van der Waals surface area contributed by atoms with Crippen molar-refractivity contribution in [2.24, 2.45) is 0 Å². The van der Waals surface area contributed by atoms with Crippen LogP contribution >= 0.6 is 0 Å². The van der Waals surface area contributed by atoms with Crippen molar-refractivity contribution in [3.05, 3.63) is 24.3 Å². The van der Waals surface area contributed by atoms with Crippen LogP contribution in [0, 0.1) is 0 Å². The van der Waals surface area contributed by atoms with Gasteiger partial charge in [-0.1, -0.05) is 0 Å². The second-order valence-electron chi connectivity index (χ2n) is 4.93. The van der Waals surface area contributed by atoms with E-state index in [0.29, 0.717) is 18.3 Å². The second kappa shape index (κ2) is 7.07. The lowest BCUT2D eigenvalue weighted by Gasteiger charge is -2.17. The minimum atomic E-state index is -3.45. The Hall–Kier alpha value is -1.09. The summed E-state index contributed by atoms with van der Waals surface area (Å²) in [7, 11) is -1.87. The first kappa shape index (κ1) is 15.3. The Morgan fingerprint density at radius 3 is 2.90 bits per heavy atom. The van der Waals surface area contributed by atoms with Crippen LogP contribution in [-0.4, -0.2) is 48.9 Å². The molecule has 0 spiro atoms. The quantitative estimate of drug-likeness (QED) is 0.621. The van der Waals surface area contributed by atoms with E-state index in [4.69, 9.17) is 0 Å². The number of hydrogen-bond donors (Lipinski definition) is 2. The zero-order valence-electron chi connectivity index (χ0n) is 11.6. The first-order valence-electron chi connectivity index (χ1n) is 6.77. The van der Waals surface area contributed by atoms with Gasteiger partial charge in [-0.25, -0.2) is 9.97 Å². The second-order valence-corrected chi connectivity index (χ2v) is 6.79. The van der Waals surface area contributed by atoms with Crippen molar-refractivity contribution in [1.82, 2.24) is 24.3 Å². The summed E-state index contributed by atoms with van der Waals surface area (Å²) in [5.74, 6) is 0. The highest BCUT2D eigenvalue weighted by molar-refractivity contribution is 7.87. The zero-order valence-corrected chi connectivity index (χ0v) is 12.4. The molecule has 1 fully saturated rings. The Bertz CT molecular complexity index is 504. The van der Waals surface area contributed by atoms with Gasteiger partial charge in [-0.2, -0.15) is 17.4 Å². The molecule has 0 unspecified atom stereocenters. The minimum absolute atomic E-state index is 0.176. The Labute approximate surface area is 120 Å². The molecule has 0 saturated heterocycles. The van der Waals surface area contributed by atoms with E-state index in [1.54, 1.807) is 19.3 Å². The maximum absolute atomic E-state index is 12.0. The highest BCUT2D eigenvalue weighted by atomic mass is 32.2. The Balaban J connectivity index is 1.70. The van der Waals surface area contributed by atoms with E-state index in [-0.39, 0.29) is 6.54 Å². The van der Waals surface area contributed by atoms with E-state index in [1.807, 2.05) is 0 Å². The van der Waals surface area contributed by atoms with Crippen molar-refractivity contribution < 1.29 is 8.42 Å². The fraction of sp³-hybridized carbons (Fsp3) is 0.667. The van der Waals surface area contributed by atoms with Crippen molar-refractivity contribution in [2.45, 2.75) is 31.8 Å². The van der Waals surface area contributed by atoms with Crippen LogP contribution < -0.4 is 10.0 Å². The monoisotopic (exact) mass is 299 g/mol. The average molecular weight is 299 g/mol. The summed E-state index contributed by atoms with van der Waals surface area (Å²) in [6.07, 6.45) is 6.28. The maximum atomic E-state index is 12.0. The first-order chi connectivity index (χ1) is 9.58. The normalized spacial score (nSPS) is 15.7. The molecular formula is C12H21N5O2S. The number of nitrogens with zero attached hydrogens (tertiary/aromatic N) is 3. The van der Waals surface area contributed by atoms with Crippen LogP contribution in [0.15, 0.2) is 18.6 Å².